The number of halogens is 3. The summed E-state index contributed by atoms with van der Waals surface area (Å²) in [5, 5.41) is 3.07. The van der Waals surface area contributed by atoms with Crippen molar-refractivity contribution in [3.63, 3.8) is 0 Å². The van der Waals surface area contributed by atoms with Crippen LogP contribution in [0.5, 0.6) is 5.75 Å². The summed E-state index contributed by atoms with van der Waals surface area (Å²) in [7, 11) is 0. The number of esters is 1. The topological polar surface area (TPSA) is 75.7 Å². The molecule has 3 aromatic rings. The van der Waals surface area contributed by atoms with Crippen LogP contribution < -0.4 is 15.0 Å². The van der Waals surface area contributed by atoms with Crippen molar-refractivity contribution < 1.29 is 19.1 Å². The van der Waals surface area contributed by atoms with Crippen molar-refractivity contribution in [2.45, 2.75) is 26.2 Å². The minimum atomic E-state index is -0.717. The molecule has 0 fully saturated rings. The molecule has 0 unspecified atom stereocenters. The van der Waals surface area contributed by atoms with E-state index in [0.717, 1.165) is 10.5 Å². The van der Waals surface area contributed by atoms with E-state index in [1.54, 1.807) is 30.3 Å². The van der Waals surface area contributed by atoms with Gasteiger partial charge in [-0.15, -0.1) is 0 Å². The number of carbonyl (C=O) groups excluding carboxylic acids is 3. The summed E-state index contributed by atoms with van der Waals surface area (Å²) in [5.41, 5.74) is 1.52. The molecule has 3 aromatic carbocycles. The summed E-state index contributed by atoms with van der Waals surface area (Å²) in [4.78, 5) is 39.3. The maximum atomic E-state index is 13.0. The fraction of sp³-hybridized carbons (Fsp3) is 0.148. The summed E-state index contributed by atoms with van der Waals surface area (Å²) in [6, 6.07) is 18.1. The van der Waals surface area contributed by atoms with Gasteiger partial charge in [0.25, 0.3) is 11.8 Å². The zero-order valence-electron chi connectivity index (χ0n) is 19.6. The van der Waals surface area contributed by atoms with Crippen molar-refractivity contribution in [2.75, 3.05) is 10.2 Å². The summed E-state index contributed by atoms with van der Waals surface area (Å²) in [6.45, 7) is 6.12. The number of hydrogen-bond donors (Lipinski definition) is 1. The van der Waals surface area contributed by atoms with E-state index >= 15 is 0 Å². The van der Waals surface area contributed by atoms with Crippen molar-refractivity contribution in [1.29, 1.82) is 0 Å². The predicted molar refractivity (Wildman–Crippen MR) is 142 cm³/mol. The second kappa shape index (κ2) is 9.97. The van der Waals surface area contributed by atoms with Crippen LogP contribution in [0.25, 0.3) is 0 Å². The van der Waals surface area contributed by atoms with Crippen LogP contribution in [0.1, 0.15) is 36.7 Å². The molecule has 0 aliphatic carbocycles. The van der Waals surface area contributed by atoms with E-state index in [-0.39, 0.29) is 26.9 Å². The first-order valence-corrected chi connectivity index (χ1v) is 12.0. The van der Waals surface area contributed by atoms with Crippen molar-refractivity contribution >= 4 is 64.0 Å². The lowest BCUT2D eigenvalue weighted by Crippen LogP contribution is -2.32. The van der Waals surface area contributed by atoms with E-state index in [1.165, 1.54) is 18.2 Å². The van der Waals surface area contributed by atoms with Gasteiger partial charge in [-0.3, -0.25) is 9.59 Å². The monoisotopic (exact) mass is 542 g/mol. The summed E-state index contributed by atoms with van der Waals surface area (Å²) in [6.07, 6.45) is 0. The van der Waals surface area contributed by atoms with Crippen LogP contribution >= 0.6 is 34.8 Å². The highest BCUT2D eigenvalue weighted by atomic mass is 35.5. The molecule has 0 atom stereocenters. The number of ether oxygens (including phenoxy) is 1. The fourth-order valence-corrected chi connectivity index (χ4v) is 4.37. The Balaban J connectivity index is 1.50. The molecule has 0 radical (unpaired) electrons. The van der Waals surface area contributed by atoms with E-state index in [4.69, 9.17) is 39.5 Å². The number of imide groups is 1. The molecule has 0 aromatic heterocycles. The van der Waals surface area contributed by atoms with Crippen LogP contribution in [-0.2, 0) is 15.0 Å². The van der Waals surface area contributed by atoms with Gasteiger partial charge in [0.05, 0.1) is 16.3 Å². The van der Waals surface area contributed by atoms with Crippen LogP contribution in [0.3, 0.4) is 0 Å². The van der Waals surface area contributed by atoms with E-state index in [2.05, 4.69) is 5.32 Å². The molecule has 36 heavy (non-hydrogen) atoms. The van der Waals surface area contributed by atoms with Gasteiger partial charge in [0, 0.05) is 16.3 Å². The number of amides is 2. The summed E-state index contributed by atoms with van der Waals surface area (Å²) in [5.74, 6) is -1.42. The fourth-order valence-electron chi connectivity index (χ4n) is 3.66. The molecule has 1 heterocycles. The largest absolute Gasteiger partial charge is 0.423 e. The van der Waals surface area contributed by atoms with Crippen LogP contribution in [0.4, 0.5) is 11.4 Å². The van der Waals surface area contributed by atoms with Crippen molar-refractivity contribution in [3.05, 3.63) is 98.6 Å². The van der Waals surface area contributed by atoms with Crippen LogP contribution in [0, 0.1) is 0 Å². The molecular formula is C27H21Cl3N2O4. The molecule has 0 bridgehead atoms. The zero-order chi connectivity index (χ0) is 26.2. The Labute approximate surface area is 223 Å². The summed E-state index contributed by atoms with van der Waals surface area (Å²) >= 11 is 18.3. The average Bonchev–Trinajstić information content (AvgIpc) is 3.02. The molecule has 4 rings (SSSR count). The lowest BCUT2D eigenvalue weighted by molar-refractivity contribution is -0.120. The molecule has 0 saturated carbocycles. The molecule has 0 saturated heterocycles. The van der Waals surface area contributed by atoms with Gasteiger partial charge in [0.15, 0.2) is 0 Å². The van der Waals surface area contributed by atoms with E-state index in [0.29, 0.717) is 22.0 Å². The van der Waals surface area contributed by atoms with Crippen molar-refractivity contribution in [2.24, 2.45) is 0 Å². The lowest BCUT2D eigenvalue weighted by Gasteiger charge is -2.22. The first-order valence-electron chi connectivity index (χ1n) is 10.9. The third-order valence-electron chi connectivity index (χ3n) is 5.47. The Morgan fingerprint density at radius 2 is 1.56 bits per heavy atom. The minimum absolute atomic E-state index is 0.109. The Morgan fingerprint density at radius 1 is 0.889 bits per heavy atom. The number of carbonyl (C=O) groups is 3. The van der Waals surface area contributed by atoms with Crippen LogP contribution in [0.2, 0.25) is 10.0 Å². The normalized spacial score (nSPS) is 13.9. The van der Waals surface area contributed by atoms with Gasteiger partial charge >= 0.3 is 5.97 Å². The number of nitrogens with one attached hydrogen (secondary N) is 1. The Morgan fingerprint density at radius 3 is 2.19 bits per heavy atom. The van der Waals surface area contributed by atoms with Crippen molar-refractivity contribution in [1.82, 2.24) is 0 Å². The zero-order valence-corrected chi connectivity index (χ0v) is 21.8. The Kier molecular flexibility index (Phi) is 7.14. The number of rotatable bonds is 5. The number of nitrogens with zero attached hydrogens (tertiary/aromatic N) is 1. The molecule has 9 heteroatoms. The van der Waals surface area contributed by atoms with Gasteiger partial charge in [-0.1, -0.05) is 73.8 Å². The predicted octanol–water partition coefficient (Wildman–Crippen LogP) is 6.95. The first kappa shape index (κ1) is 25.8. The van der Waals surface area contributed by atoms with Crippen LogP contribution in [-0.4, -0.2) is 17.8 Å². The number of para-hydroxylation sites is 1. The lowest BCUT2D eigenvalue weighted by atomic mass is 9.86. The molecule has 184 valence electrons. The molecule has 0 spiro atoms. The molecule has 1 aliphatic rings. The molecule has 2 amide bonds. The highest BCUT2D eigenvalue weighted by Gasteiger charge is 2.39. The quantitative estimate of drug-likeness (QED) is 0.214. The van der Waals surface area contributed by atoms with Gasteiger partial charge in [-0.25, -0.2) is 9.69 Å². The second-order valence-electron chi connectivity index (χ2n) is 9.07. The maximum Gasteiger partial charge on any atom is 0.343 e. The number of hydrogen-bond acceptors (Lipinski definition) is 5. The van der Waals surface area contributed by atoms with Crippen LogP contribution in [0.15, 0.2) is 77.5 Å². The molecular weight excluding hydrogens is 523 g/mol. The third kappa shape index (κ3) is 5.12. The third-order valence-corrected chi connectivity index (χ3v) is 6.35. The smallest absolute Gasteiger partial charge is 0.343 e. The maximum absolute atomic E-state index is 13.0. The van der Waals surface area contributed by atoms with Gasteiger partial charge in [0.1, 0.15) is 16.5 Å². The number of anilines is 2. The highest BCUT2D eigenvalue weighted by Crippen LogP contribution is 2.36. The highest BCUT2D eigenvalue weighted by molar-refractivity contribution is 6.53. The van der Waals surface area contributed by atoms with Gasteiger partial charge in [-0.05, 0) is 53.9 Å². The molecule has 6 nitrogen and oxygen atoms in total. The molecule has 1 N–H and O–H groups in total. The Hall–Kier alpha value is -3.32. The van der Waals surface area contributed by atoms with Gasteiger partial charge in [-0.2, -0.15) is 0 Å². The number of benzene rings is 3. The SMILES string of the molecule is CC(C)(C)c1ccccc1OC(=O)c1ccc(NC2=C(Cl)C(=O)N(c3ccc(Cl)cc3Cl)C2=O)cc1. The van der Waals surface area contributed by atoms with Crippen molar-refractivity contribution in [3.8, 4) is 5.75 Å². The summed E-state index contributed by atoms with van der Waals surface area (Å²) < 4.78 is 5.65. The minimum Gasteiger partial charge on any atom is -0.423 e. The standard InChI is InChI=1S/C27H21Cl3N2O4/c1-27(2,3)18-6-4-5-7-21(18)36-26(35)15-8-11-17(12-9-15)31-23-22(30)24(33)32(25(23)34)20-13-10-16(28)14-19(20)29/h4-14,31H,1-3H3. The van der Waals surface area contributed by atoms with E-state index < -0.39 is 17.8 Å². The molecule has 1 aliphatic heterocycles. The van der Waals surface area contributed by atoms with E-state index in [1.807, 2.05) is 39.0 Å². The Bertz CT molecular complexity index is 1410. The van der Waals surface area contributed by atoms with Gasteiger partial charge in [0.2, 0.25) is 0 Å². The second-order valence-corrected chi connectivity index (χ2v) is 10.3. The van der Waals surface area contributed by atoms with Gasteiger partial charge < -0.3 is 10.1 Å². The van der Waals surface area contributed by atoms with E-state index in [9.17, 15) is 14.4 Å². The average molecular weight is 544 g/mol. The first-order chi connectivity index (χ1) is 17.0.